The second-order valence-corrected chi connectivity index (χ2v) is 7.62. The van der Waals surface area contributed by atoms with Crippen LogP contribution in [0.5, 0.6) is 0 Å². The van der Waals surface area contributed by atoms with Gasteiger partial charge in [0.1, 0.15) is 0 Å². The molecule has 0 amide bonds. The van der Waals surface area contributed by atoms with E-state index in [1.54, 1.807) is 30.3 Å². The lowest BCUT2D eigenvalue weighted by Crippen LogP contribution is -2.17. The van der Waals surface area contributed by atoms with Gasteiger partial charge in [-0.05, 0) is 6.42 Å². The van der Waals surface area contributed by atoms with E-state index in [0.29, 0.717) is 6.61 Å². The molecule has 22 heavy (non-hydrogen) atoms. The van der Waals surface area contributed by atoms with Crippen LogP contribution in [0.25, 0.3) is 0 Å². The van der Waals surface area contributed by atoms with Crippen LogP contribution in [-0.2, 0) is 9.09 Å². The van der Waals surface area contributed by atoms with Crippen molar-refractivity contribution in [3.8, 4) is 0 Å². The maximum atomic E-state index is 11.9. The van der Waals surface area contributed by atoms with Gasteiger partial charge in [0.2, 0.25) is 0 Å². The molecule has 0 aromatic heterocycles. The lowest BCUT2D eigenvalue weighted by atomic mass is 10.1. The molecule has 1 atom stereocenters. The maximum absolute atomic E-state index is 11.9. The first-order valence-corrected chi connectivity index (χ1v) is 10.2. The smallest absolute Gasteiger partial charge is 0.165 e. The lowest BCUT2D eigenvalue weighted by molar-refractivity contribution is -0.193. The molecule has 0 saturated heterocycles. The highest BCUT2D eigenvalue weighted by Gasteiger charge is 2.10. The van der Waals surface area contributed by atoms with Crippen LogP contribution in [-0.4, -0.2) is 6.61 Å². The summed E-state index contributed by atoms with van der Waals surface area (Å²) in [7, 11) is -3.87. The van der Waals surface area contributed by atoms with E-state index in [4.69, 9.17) is 4.52 Å². The molecule has 1 aromatic carbocycles. The van der Waals surface area contributed by atoms with E-state index in [0.717, 1.165) is 12.8 Å². The number of hydrogen-bond acceptors (Lipinski definition) is 3. The topological polar surface area (TPSA) is 49.4 Å². The molecular formula is C18H30O3P-. The average Bonchev–Trinajstić information content (AvgIpc) is 2.53. The molecule has 0 heterocycles. The quantitative estimate of drug-likeness (QED) is 0.386. The summed E-state index contributed by atoms with van der Waals surface area (Å²) in [6.45, 7) is 2.53. The maximum Gasteiger partial charge on any atom is 0.165 e. The highest BCUT2D eigenvalue weighted by Crippen LogP contribution is 2.35. The fourth-order valence-corrected chi connectivity index (χ4v) is 3.52. The summed E-state index contributed by atoms with van der Waals surface area (Å²) in [5, 5.41) is 0.266. The summed E-state index contributed by atoms with van der Waals surface area (Å²) in [6.07, 6.45) is 12.3. The molecule has 0 spiro atoms. The second kappa shape index (κ2) is 11.9. The highest BCUT2D eigenvalue weighted by molar-refractivity contribution is 7.59. The first-order valence-electron chi connectivity index (χ1n) is 8.68. The molecule has 0 N–H and O–H groups in total. The SMILES string of the molecule is CCCCCCCCCCCCOP(=O)([O-])c1ccccc1. The monoisotopic (exact) mass is 325 g/mol. The normalized spacial score (nSPS) is 13.9. The van der Waals surface area contributed by atoms with Gasteiger partial charge >= 0.3 is 0 Å². The van der Waals surface area contributed by atoms with Gasteiger partial charge in [0.05, 0.1) is 6.61 Å². The second-order valence-electron chi connectivity index (χ2n) is 5.85. The largest absolute Gasteiger partial charge is 0.775 e. The van der Waals surface area contributed by atoms with Crippen LogP contribution < -0.4 is 10.2 Å². The van der Waals surface area contributed by atoms with E-state index >= 15 is 0 Å². The zero-order valence-corrected chi connectivity index (χ0v) is 14.7. The minimum Gasteiger partial charge on any atom is -0.775 e. The highest BCUT2D eigenvalue weighted by atomic mass is 31.2. The van der Waals surface area contributed by atoms with Crippen molar-refractivity contribution in [2.45, 2.75) is 71.1 Å². The van der Waals surface area contributed by atoms with Crippen LogP contribution in [0.2, 0.25) is 0 Å². The fourth-order valence-electron chi connectivity index (χ4n) is 2.46. The van der Waals surface area contributed by atoms with Crippen LogP contribution >= 0.6 is 7.60 Å². The van der Waals surface area contributed by atoms with Gasteiger partial charge in [-0.15, -0.1) is 0 Å². The van der Waals surface area contributed by atoms with E-state index < -0.39 is 7.60 Å². The number of unbranched alkanes of at least 4 members (excludes halogenated alkanes) is 9. The van der Waals surface area contributed by atoms with Gasteiger partial charge in [0.25, 0.3) is 0 Å². The molecule has 0 aliphatic heterocycles. The number of benzene rings is 1. The molecule has 1 aromatic rings. The summed E-state index contributed by atoms with van der Waals surface area (Å²) in [6, 6.07) is 8.37. The predicted molar refractivity (Wildman–Crippen MR) is 91.5 cm³/mol. The summed E-state index contributed by atoms with van der Waals surface area (Å²) in [5.41, 5.74) is 0. The third kappa shape index (κ3) is 8.73. The molecule has 0 aliphatic rings. The average molecular weight is 325 g/mol. The van der Waals surface area contributed by atoms with Crippen LogP contribution in [0.15, 0.2) is 30.3 Å². The van der Waals surface area contributed by atoms with E-state index in [1.165, 1.54) is 51.4 Å². The first kappa shape index (κ1) is 19.4. The molecule has 3 nitrogen and oxygen atoms in total. The van der Waals surface area contributed by atoms with E-state index in [9.17, 15) is 9.46 Å². The van der Waals surface area contributed by atoms with Crippen molar-refractivity contribution >= 4 is 12.9 Å². The minimum atomic E-state index is -3.87. The zero-order chi connectivity index (χ0) is 16.1. The Morgan fingerprint density at radius 1 is 0.864 bits per heavy atom. The lowest BCUT2D eigenvalue weighted by Gasteiger charge is -2.23. The Labute approximate surface area is 135 Å². The van der Waals surface area contributed by atoms with E-state index in [-0.39, 0.29) is 5.30 Å². The Kier molecular flexibility index (Phi) is 10.5. The Morgan fingerprint density at radius 2 is 1.36 bits per heavy atom. The Hall–Kier alpha value is -0.630. The third-order valence-electron chi connectivity index (χ3n) is 3.83. The first-order chi connectivity index (χ1) is 10.7. The minimum absolute atomic E-state index is 0.266. The van der Waals surface area contributed by atoms with Gasteiger partial charge in [-0.1, -0.05) is 95.0 Å². The standard InChI is InChI=1S/C18H31O3P/c1-2-3-4-5-6-7-8-9-10-14-17-21-22(19,20)18-15-12-11-13-16-18/h11-13,15-16H,2-10,14,17H2,1H3,(H,19,20)/p-1. The van der Waals surface area contributed by atoms with Gasteiger partial charge in [0, 0.05) is 5.30 Å². The van der Waals surface area contributed by atoms with Crippen molar-refractivity contribution in [3.05, 3.63) is 30.3 Å². The predicted octanol–water partition coefficient (Wildman–Crippen LogP) is 4.80. The third-order valence-corrected chi connectivity index (χ3v) is 5.28. The molecule has 1 unspecified atom stereocenters. The van der Waals surface area contributed by atoms with E-state index in [2.05, 4.69) is 6.92 Å². The fraction of sp³-hybridized carbons (Fsp3) is 0.667. The van der Waals surface area contributed by atoms with E-state index in [1.807, 2.05) is 0 Å². The van der Waals surface area contributed by atoms with Crippen LogP contribution in [0.1, 0.15) is 71.1 Å². The number of hydrogen-bond donors (Lipinski definition) is 0. The van der Waals surface area contributed by atoms with Crippen LogP contribution in [0, 0.1) is 0 Å². The van der Waals surface area contributed by atoms with Crippen molar-refractivity contribution in [3.63, 3.8) is 0 Å². The van der Waals surface area contributed by atoms with Gasteiger partial charge in [-0.3, -0.25) is 0 Å². The van der Waals surface area contributed by atoms with Crippen molar-refractivity contribution in [1.82, 2.24) is 0 Å². The van der Waals surface area contributed by atoms with Crippen molar-refractivity contribution in [1.29, 1.82) is 0 Å². The summed E-state index contributed by atoms with van der Waals surface area (Å²) in [4.78, 5) is 11.9. The Bertz CT molecular complexity index is 420. The van der Waals surface area contributed by atoms with Crippen LogP contribution in [0.4, 0.5) is 0 Å². The van der Waals surface area contributed by atoms with Crippen molar-refractivity contribution in [2.24, 2.45) is 0 Å². The molecule has 0 fully saturated rings. The van der Waals surface area contributed by atoms with Crippen molar-refractivity contribution in [2.75, 3.05) is 6.61 Å². The molecule has 126 valence electrons. The van der Waals surface area contributed by atoms with Crippen molar-refractivity contribution < 1.29 is 14.0 Å². The summed E-state index contributed by atoms with van der Waals surface area (Å²) in [5.74, 6) is 0. The Morgan fingerprint density at radius 3 is 1.91 bits per heavy atom. The van der Waals surface area contributed by atoms with Crippen LogP contribution in [0.3, 0.4) is 0 Å². The van der Waals surface area contributed by atoms with Gasteiger partial charge in [-0.25, -0.2) is 0 Å². The van der Waals surface area contributed by atoms with Gasteiger partial charge in [-0.2, -0.15) is 0 Å². The molecule has 4 heteroatoms. The number of rotatable bonds is 13. The van der Waals surface area contributed by atoms with Gasteiger partial charge in [0.15, 0.2) is 7.60 Å². The Balaban J connectivity index is 1.98. The molecule has 0 radical (unpaired) electrons. The van der Waals surface area contributed by atoms with Gasteiger partial charge < -0.3 is 14.0 Å². The molecule has 0 saturated carbocycles. The molecule has 0 bridgehead atoms. The zero-order valence-electron chi connectivity index (χ0n) is 13.8. The molecule has 0 aliphatic carbocycles. The molecular weight excluding hydrogens is 295 g/mol. The molecule has 1 rings (SSSR count). The summed E-state index contributed by atoms with van der Waals surface area (Å²) >= 11 is 0. The summed E-state index contributed by atoms with van der Waals surface area (Å²) < 4.78 is 17.0.